The van der Waals surface area contributed by atoms with Crippen molar-refractivity contribution in [2.24, 2.45) is 5.92 Å². The summed E-state index contributed by atoms with van der Waals surface area (Å²) in [4.78, 5) is 28.0. The monoisotopic (exact) mass is 354 g/mol. The number of nitrogens with zero attached hydrogens (tertiary/aromatic N) is 1. The fourth-order valence-electron chi connectivity index (χ4n) is 2.48. The Balaban J connectivity index is 1.78. The zero-order valence-electron chi connectivity index (χ0n) is 15.6. The average Bonchev–Trinajstić information content (AvgIpc) is 2.62. The summed E-state index contributed by atoms with van der Waals surface area (Å²) in [6.45, 7) is 5.97. The van der Waals surface area contributed by atoms with Crippen LogP contribution in [0.5, 0.6) is 0 Å². The first-order chi connectivity index (χ1) is 12.4. The molecule has 0 aliphatic carbocycles. The van der Waals surface area contributed by atoms with E-state index >= 15 is 0 Å². The number of pyridine rings is 1. The van der Waals surface area contributed by atoms with Crippen LogP contribution in [0.3, 0.4) is 0 Å². The largest absolute Gasteiger partial charge is 0.452 e. The summed E-state index contributed by atoms with van der Waals surface area (Å²) in [5, 5.41) is 3.87. The molecule has 0 saturated heterocycles. The van der Waals surface area contributed by atoms with E-state index in [2.05, 4.69) is 24.1 Å². The number of fused-ring (bicyclic) bond motifs is 1. The van der Waals surface area contributed by atoms with Crippen molar-refractivity contribution in [1.29, 1.82) is 0 Å². The molecular formula is C21H26N2O3. The molecule has 5 heteroatoms. The number of nitrogens with one attached hydrogen (secondary N) is 1. The standard InChI is InChI=1S/C21H26N2O3/c1-15(2)8-9-16(3)22-20(24)14-26-21(25)13-12-18-11-10-17-6-4-5-7-19(17)23-18/h4-7,10-13,15-16H,8-9,14H2,1-3H3,(H,22,24)/b13-12+/t16-/m1/s1. The van der Waals surface area contributed by atoms with Gasteiger partial charge in [0.2, 0.25) is 0 Å². The highest BCUT2D eigenvalue weighted by Crippen LogP contribution is 2.12. The van der Waals surface area contributed by atoms with E-state index in [1.165, 1.54) is 6.08 Å². The Morgan fingerprint density at radius 2 is 1.88 bits per heavy atom. The van der Waals surface area contributed by atoms with E-state index in [4.69, 9.17) is 4.74 Å². The third-order valence-electron chi connectivity index (χ3n) is 3.94. The molecule has 0 aliphatic rings. The second kappa shape index (κ2) is 9.70. The van der Waals surface area contributed by atoms with Crippen LogP contribution in [0.25, 0.3) is 17.0 Å². The molecule has 0 radical (unpaired) electrons. The molecule has 0 fully saturated rings. The molecule has 1 atom stereocenters. The molecule has 1 aromatic carbocycles. The van der Waals surface area contributed by atoms with Crippen LogP contribution >= 0.6 is 0 Å². The minimum Gasteiger partial charge on any atom is -0.452 e. The van der Waals surface area contributed by atoms with Crippen molar-refractivity contribution in [1.82, 2.24) is 10.3 Å². The van der Waals surface area contributed by atoms with Crippen LogP contribution in [0, 0.1) is 5.92 Å². The molecule has 1 amide bonds. The van der Waals surface area contributed by atoms with E-state index in [0.717, 1.165) is 23.7 Å². The van der Waals surface area contributed by atoms with E-state index in [-0.39, 0.29) is 18.6 Å². The Hall–Kier alpha value is -2.69. The SMILES string of the molecule is CC(C)CC[C@@H](C)NC(=O)COC(=O)/C=C/c1ccc2ccccc2n1. The van der Waals surface area contributed by atoms with Gasteiger partial charge >= 0.3 is 5.97 Å². The summed E-state index contributed by atoms with van der Waals surface area (Å²) in [5.41, 5.74) is 1.52. The highest BCUT2D eigenvalue weighted by Gasteiger charge is 2.10. The van der Waals surface area contributed by atoms with E-state index < -0.39 is 5.97 Å². The highest BCUT2D eigenvalue weighted by molar-refractivity contribution is 5.89. The van der Waals surface area contributed by atoms with Gasteiger partial charge < -0.3 is 10.1 Å². The Bertz CT molecular complexity index is 784. The van der Waals surface area contributed by atoms with Crippen molar-refractivity contribution in [2.45, 2.75) is 39.7 Å². The number of aromatic nitrogens is 1. The second-order valence-electron chi connectivity index (χ2n) is 6.81. The van der Waals surface area contributed by atoms with Gasteiger partial charge in [-0.3, -0.25) is 4.79 Å². The van der Waals surface area contributed by atoms with Gasteiger partial charge in [-0.05, 0) is 43.9 Å². The molecule has 0 spiro atoms. The lowest BCUT2D eigenvalue weighted by Crippen LogP contribution is -2.35. The molecule has 2 rings (SSSR count). The third kappa shape index (κ3) is 6.67. The molecule has 26 heavy (non-hydrogen) atoms. The number of hydrogen-bond donors (Lipinski definition) is 1. The first-order valence-electron chi connectivity index (χ1n) is 8.94. The normalized spacial score (nSPS) is 12.5. The number of esters is 1. The number of carbonyl (C=O) groups excluding carboxylic acids is 2. The fraction of sp³-hybridized carbons (Fsp3) is 0.381. The molecule has 0 unspecified atom stereocenters. The number of amides is 1. The van der Waals surface area contributed by atoms with Gasteiger partial charge in [0.1, 0.15) is 0 Å². The Morgan fingerprint density at radius 3 is 2.65 bits per heavy atom. The van der Waals surface area contributed by atoms with Crippen molar-refractivity contribution in [3.8, 4) is 0 Å². The van der Waals surface area contributed by atoms with E-state index in [1.54, 1.807) is 6.08 Å². The smallest absolute Gasteiger partial charge is 0.331 e. The van der Waals surface area contributed by atoms with E-state index in [0.29, 0.717) is 11.6 Å². The third-order valence-corrected chi connectivity index (χ3v) is 3.94. The lowest BCUT2D eigenvalue weighted by atomic mass is 10.0. The number of ether oxygens (including phenoxy) is 1. The van der Waals surface area contributed by atoms with Gasteiger partial charge in [-0.2, -0.15) is 0 Å². The number of carbonyl (C=O) groups is 2. The maximum Gasteiger partial charge on any atom is 0.331 e. The lowest BCUT2D eigenvalue weighted by Gasteiger charge is -2.14. The summed E-state index contributed by atoms with van der Waals surface area (Å²) in [5.74, 6) is -0.252. The van der Waals surface area contributed by atoms with E-state index in [9.17, 15) is 9.59 Å². The predicted octanol–water partition coefficient (Wildman–Crippen LogP) is 3.73. The van der Waals surface area contributed by atoms with E-state index in [1.807, 2.05) is 43.3 Å². The van der Waals surface area contributed by atoms with Gasteiger partial charge in [-0.25, -0.2) is 9.78 Å². The van der Waals surface area contributed by atoms with Gasteiger partial charge in [0.25, 0.3) is 5.91 Å². The minimum absolute atomic E-state index is 0.0703. The van der Waals surface area contributed by atoms with Crippen molar-refractivity contribution in [3.05, 3.63) is 48.2 Å². The number of rotatable bonds is 8. The van der Waals surface area contributed by atoms with Crippen LogP contribution in [-0.4, -0.2) is 29.5 Å². The maximum atomic E-state index is 11.8. The van der Waals surface area contributed by atoms with Gasteiger partial charge in [0.15, 0.2) is 6.61 Å². The molecule has 2 aromatic rings. The zero-order valence-corrected chi connectivity index (χ0v) is 15.6. The Kier molecular flexibility index (Phi) is 7.33. The average molecular weight is 354 g/mol. The second-order valence-corrected chi connectivity index (χ2v) is 6.81. The minimum atomic E-state index is -0.565. The van der Waals surface area contributed by atoms with Crippen LogP contribution in [0.4, 0.5) is 0 Å². The van der Waals surface area contributed by atoms with Crippen molar-refractivity contribution in [3.63, 3.8) is 0 Å². The van der Waals surface area contributed by atoms with Crippen molar-refractivity contribution < 1.29 is 14.3 Å². The highest BCUT2D eigenvalue weighted by atomic mass is 16.5. The van der Waals surface area contributed by atoms with Gasteiger partial charge in [0.05, 0.1) is 11.2 Å². The van der Waals surface area contributed by atoms with Crippen LogP contribution in [0.2, 0.25) is 0 Å². The zero-order chi connectivity index (χ0) is 18.9. The maximum absolute atomic E-state index is 11.8. The lowest BCUT2D eigenvalue weighted by molar-refractivity contribution is -0.144. The van der Waals surface area contributed by atoms with Crippen LogP contribution in [0.1, 0.15) is 39.3 Å². The summed E-state index contributed by atoms with van der Waals surface area (Å²) in [6.07, 6.45) is 4.82. The van der Waals surface area contributed by atoms with Crippen LogP contribution in [0.15, 0.2) is 42.5 Å². The molecule has 1 aromatic heterocycles. The van der Waals surface area contributed by atoms with Gasteiger partial charge in [-0.1, -0.05) is 38.1 Å². The molecule has 0 bridgehead atoms. The molecule has 0 saturated carbocycles. The van der Waals surface area contributed by atoms with Crippen LogP contribution < -0.4 is 5.32 Å². The number of hydrogen-bond acceptors (Lipinski definition) is 4. The molecule has 0 aliphatic heterocycles. The molecular weight excluding hydrogens is 328 g/mol. The first-order valence-corrected chi connectivity index (χ1v) is 8.94. The molecule has 1 heterocycles. The Labute approximate surface area is 154 Å². The summed E-state index contributed by atoms with van der Waals surface area (Å²) in [6, 6.07) is 11.6. The Morgan fingerprint density at radius 1 is 1.12 bits per heavy atom. The topological polar surface area (TPSA) is 68.3 Å². The van der Waals surface area contributed by atoms with Crippen LogP contribution in [-0.2, 0) is 14.3 Å². The fourth-order valence-corrected chi connectivity index (χ4v) is 2.48. The summed E-state index contributed by atoms with van der Waals surface area (Å²) in [7, 11) is 0. The number of para-hydroxylation sites is 1. The molecule has 5 nitrogen and oxygen atoms in total. The quantitative estimate of drug-likeness (QED) is 0.579. The first kappa shape index (κ1) is 19.6. The summed E-state index contributed by atoms with van der Waals surface area (Å²) < 4.78 is 4.97. The van der Waals surface area contributed by atoms with Gasteiger partial charge in [-0.15, -0.1) is 0 Å². The predicted molar refractivity (Wildman–Crippen MR) is 103 cm³/mol. The number of benzene rings is 1. The van der Waals surface area contributed by atoms with Gasteiger partial charge in [0, 0.05) is 17.5 Å². The van der Waals surface area contributed by atoms with Crippen molar-refractivity contribution >= 4 is 28.9 Å². The van der Waals surface area contributed by atoms with Crippen molar-refractivity contribution in [2.75, 3.05) is 6.61 Å². The molecule has 1 N–H and O–H groups in total. The molecule has 138 valence electrons. The summed E-state index contributed by atoms with van der Waals surface area (Å²) >= 11 is 0.